The lowest BCUT2D eigenvalue weighted by molar-refractivity contribution is -0.137. The molecule has 7 nitrogen and oxygen atoms in total. The van der Waals surface area contributed by atoms with Gasteiger partial charge in [0.1, 0.15) is 5.66 Å². The summed E-state index contributed by atoms with van der Waals surface area (Å²) in [6, 6.07) is 11.1. The predicted molar refractivity (Wildman–Crippen MR) is 123 cm³/mol. The van der Waals surface area contributed by atoms with Gasteiger partial charge in [-0.25, -0.2) is 9.59 Å². The van der Waals surface area contributed by atoms with E-state index >= 15 is 0 Å². The Hall–Kier alpha value is -3.40. The van der Waals surface area contributed by atoms with E-state index in [1.807, 2.05) is 0 Å². The van der Waals surface area contributed by atoms with Crippen LogP contribution >= 0.6 is 0 Å². The van der Waals surface area contributed by atoms with Crippen molar-refractivity contribution in [3.8, 4) is 0 Å². The van der Waals surface area contributed by atoms with Crippen LogP contribution in [0.1, 0.15) is 52.7 Å². The molecule has 3 fully saturated rings. The number of piperidine rings is 1. The van der Waals surface area contributed by atoms with Crippen LogP contribution in [0.4, 0.5) is 18.0 Å². The lowest BCUT2D eigenvalue weighted by Gasteiger charge is -2.36. The van der Waals surface area contributed by atoms with E-state index in [0.717, 1.165) is 37.1 Å². The Morgan fingerprint density at radius 3 is 2.39 bits per heavy atom. The number of rotatable bonds is 5. The number of alkyl halides is 3. The average molecular weight is 502 g/mol. The monoisotopic (exact) mass is 501 g/mol. The van der Waals surface area contributed by atoms with Crippen LogP contribution < -0.4 is 5.32 Å². The molecule has 3 amide bonds. The SMILES string of the molecule is COC(=O)c1ccc([C@H](C)C(=O)NC(=O)N2[C@@H]3[C@H]4CCCN(Cc5ccc(C(F)(F)F)cc5)[C@@]432)cc1. The number of likely N-dealkylation sites (tertiary alicyclic amines) is 2. The number of benzene rings is 2. The number of fused-ring (bicyclic) bond motifs is 1. The maximum Gasteiger partial charge on any atom is 0.416 e. The average Bonchev–Trinajstić information content (AvgIpc) is 3.73. The number of carbonyl (C=O) groups is 3. The first-order valence-electron chi connectivity index (χ1n) is 11.8. The number of urea groups is 1. The molecule has 2 aromatic carbocycles. The van der Waals surface area contributed by atoms with Gasteiger partial charge in [0.2, 0.25) is 5.91 Å². The molecule has 5 rings (SSSR count). The molecule has 1 aliphatic carbocycles. The quantitative estimate of drug-likeness (QED) is 0.492. The van der Waals surface area contributed by atoms with Crippen molar-refractivity contribution in [2.45, 2.75) is 50.1 Å². The van der Waals surface area contributed by atoms with Gasteiger partial charge in [-0.3, -0.25) is 19.9 Å². The second kappa shape index (κ2) is 8.62. The highest BCUT2D eigenvalue weighted by atomic mass is 19.4. The van der Waals surface area contributed by atoms with Crippen LogP contribution in [0.3, 0.4) is 0 Å². The molecule has 2 aromatic rings. The van der Waals surface area contributed by atoms with Crippen molar-refractivity contribution in [1.29, 1.82) is 0 Å². The Kier molecular flexibility index (Phi) is 5.82. The summed E-state index contributed by atoms with van der Waals surface area (Å²) in [5.41, 5.74) is 0.629. The van der Waals surface area contributed by atoms with E-state index < -0.39 is 41.2 Å². The van der Waals surface area contributed by atoms with Gasteiger partial charge in [-0.05, 0) is 55.2 Å². The third-order valence-corrected chi connectivity index (χ3v) is 7.63. The number of hydrogen-bond donors (Lipinski definition) is 1. The van der Waals surface area contributed by atoms with Crippen LogP contribution in [0.5, 0.6) is 0 Å². The van der Waals surface area contributed by atoms with Gasteiger partial charge in [0, 0.05) is 19.0 Å². The summed E-state index contributed by atoms with van der Waals surface area (Å²) < 4.78 is 43.3. The van der Waals surface area contributed by atoms with E-state index in [1.165, 1.54) is 19.2 Å². The van der Waals surface area contributed by atoms with Crippen molar-refractivity contribution >= 4 is 17.9 Å². The summed E-state index contributed by atoms with van der Waals surface area (Å²) in [6.45, 7) is 2.85. The first-order valence-corrected chi connectivity index (χ1v) is 11.8. The minimum atomic E-state index is -4.38. The Labute approximate surface area is 206 Å². The molecule has 0 aromatic heterocycles. The summed E-state index contributed by atoms with van der Waals surface area (Å²) in [5, 5.41) is 2.49. The Morgan fingerprint density at radius 2 is 1.78 bits per heavy atom. The van der Waals surface area contributed by atoms with E-state index in [9.17, 15) is 27.6 Å². The van der Waals surface area contributed by atoms with Crippen molar-refractivity contribution < 1.29 is 32.3 Å². The van der Waals surface area contributed by atoms with E-state index in [-0.39, 0.29) is 6.04 Å². The number of ether oxygens (including phenoxy) is 1. The fraction of sp³-hybridized carbons (Fsp3) is 0.423. The molecule has 2 saturated heterocycles. The molecule has 1 spiro atoms. The number of halogens is 3. The minimum absolute atomic E-state index is 0.0249. The standard InChI is InChI=1S/C26H26F3N3O4/c1-15(17-7-9-18(10-8-17)23(34)36-2)22(33)30-24(35)32-21-20-4-3-13-31(25(20,21)32)14-16-5-11-19(12-6-16)26(27,28)29/h5-12,15,20-21H,3-4,13-14H2,1-2H3,(H,30,33,35)/t15-,20+,21+,25+,32?/m0/s1. The summed E-state index contributed by atoms with van der Waals surface area (Å²) in [7, 11) is 1.29. The molecule has 1 N–H and O–H groups in total. The Balaban J connectivity index is 1.22. The highest BCUT2D eigenvalue weighted by molar-refractivity contribution is 6.00. The second-order valence-electron chi connectivity index (χ2n) is 9.59. The molecule has 0 bridgehead atoms. The number of nitrogens with zero attached hydrogens (tertiary/aromatic N) is 2. The zero-order valence-electron chi connectivity index (χ0n) is 19.8. The fourth-order valence-corrected chi connectivity index (χ4v) is 5.60. The normalized spacial score (nSPS) is 25.3. The summed E-state index contributed by atoms with van der Waals surface area (Å²) in [6.07, 6.45) is -2.45. The zero-order valence-corrected chi connectivity index (χ0v) is 19.8. The maximum atomic E-state index is 13.0. The molecule has 3 aliphatic rings. The lowest BCUT2D eigenvalue weighted by atomic mass is 9.99. The molecule has 2 heterocycles. The van der Waals surface area contributed by atoms with E-state index in [1.54, 1.807) is 36.1 Å². The first kappa shape index (κ1) is 24.3. The van der Waals surface area contributed by atoms with Gasteiger partial charge in [-0.1, -0.05) is 24.3 Å². The summed E-state index contributed by atoms with van der Waals surface area (Å²) in [5.74, 6) is -1.21. The van der Waals surface area contributed by atoms with Crippen LogP contribution in [-0.2, 0) is 22.3 Å². The lowest BCUT2D eigenvalue weighted by Crippen LogP contribution is -2.50. The number of carbonyl (C=O) groups excluding carboxylic acids is 3. The molecule has 1 saturated carbocycles. The topological polar surface area (TPSA) is 78.7 Å². The van der Waals surface area contributed by atoms with Crippen LogP contribution in [0.2, 0.25) is 0 Å². The third kappa shape index (κ3) is 3.93. The van der Waals surface area contributed by atoms with Crippen LogP contribution in [0, 0.1) is 5.92 Å². The van der Waals surface area contributed by atoms with Gasteiger partial charge in [-0.2, -0.15) is 13.2 Å². The fourth-order valence-electron chi connectivity index (χ4n) is 5.60. The van der Waals surface area contributed by atoms with Gasteiger partial charge in [-0.15, -0.1) is 0 Å². The van der Waals surface area contributed by atoms with Crippen molar-refractivity contribution in [3.05, 3.63) is 70.8 Å². The first-order chi connectivity index (χ1) is 17.1. The van der Waals surface area contributed by atoms with E-state index in [0.29, 0.717) is 23.6 Å². The van der Waals surface area contributed by atoms with Gasteiger partial charge in [0.25, 0.3) is 0 Å². The summed E-state index contributed by atoms with van der Waals surface area (Å²) in [4.78, 5) is 41.1. The van der Waals surface area contributed by atoms with Crippen molar-refractivity contribution in [3.63, 3.8) is 0 Å². The number of hydrogen-bond acceptors (Lipinski definition) is 5. The molecule has 36 heavy (non-hydrogen) atoms. The smallest absolute Gasteiger partial charge is 0.416 e. The number of amides is 3. The van der Waals surface area contributed by atoms with Crippen LogP contribution in [0.25, 0.3) is 0 Å². The van der Waals surface area contributed by atoms with E-state index in [4.69, 9.17) is 0 Å². The molecular formula is C26H26F3N3O4. The number of nitrogens with one attached hydrogen (secondary N) is 1. The molecular weight excluding hydrogens is 475 g/mol. The van der Waals surface area contributed by atoms with Crippen molar-refractivity contribution in [2.75, 3.05) is 13.7 Å². The zero-order chi connectivity index (χ0) is 25.8. The Bertz CT molecular complexity index is 1200. The van der Waals surface area contributed by atoms with Crippen molar-refractivity contribution in [2.24, 2.45) is 5.92 Å². The Morgan fingerprint density at radius 1 is 1.11 bits per heavy atom. The minimum Gasteiger partial charge on any atom is -0.465 e. The predicted octanol–water partition coefficient (Wildman–Crippen LogP) is 4.14. The molecule has 0 unspecified atom stereocenters. The van der Waals surface area contributed by atoms with E-state index in [2.05, 4.69) is 15.0 Å². The van der Waals surface area contributed by atoms with Crippen molar-refractivity contribution in [1.82, 2.24) is 15.1 Å². The van der Waals surface area contributed by atoms with Gasteiger partial charge < -0.3 is 4.74 Å². The highest BCUT2D eigenvalue weighted by Gasteiger charge is 2.90. The molecule has 2 aliphatic heterocycles. The highest BCUT2D eigenvalue weighted by Crippen LogP contribution is 2.73. The van der Waals surface area contributed by atoms with Gasteiger partial charge >= 0.3 is 18.2 Å². The third-order valence-electron chi connectivity index (χ3n) is 7.63. The maximum absolute atomic E-state index is 13.0. The largest absolute Gasteiger partial charge is 0.465 e. The summed E-state index contributed by atoms with van der Waals surface area (Å²) >= 11 is 0. The number of imide groups is 1. The molecule has 190 valence electrons. The van der Waals surface area contributed by atoms with Crippen LogP contribution in [0.15, 0.2) is 48.5 Å². The van der Waals surface area contributed by atoms with Gasteiger partial charge in [0.15, 0.2) is 0 Å². The van der Waals surface area contributed by atoms with Crippen LogP contribution in [-0.4, -0.2) is 53.1 Å². The number of methoxy groups -OCH3 is 1. The second-order valence-corrected chi connectivity index (χ2v) is 9.59. The number of esters is 1. The van der Waals surface area contributed by atoms with Gasteiger partial charge in [0.05, 0.1) is 30.2 Å². The molecule has 0 radical (unpaired) electrons. The molecule has 4 atom stereocenters. The molecule has 10 heteroatoms.